The van der Waals surface area contributed by atoms with Gasteiger partial charge in [0, 0.05) is 14.2 Å². The second-order valence-electron chi connectivity index (χ2n) is 5.79. The molecule has 1 aromatic rings. The Hall–Kier alpha value is -1.30. The smallest absolute Gasteiger partial charge is 0.254 e. The Morgan fingerprint density at radius 1 is 1.30 bits per heavy atom. The van der Waals surface area contributed by atoms with Crippen LogP contribution in [-0.2, 0) is 9.53 Å². The SMILES string of the molecule is COC1(C(=O)N(C)CCOc2ccccc2C)CCNCC1.Cl. The molecule has 1 aliphatic rings. The highest BCUT2D eigenvalue weighted by Crippen LogP contribution is 2.24. The van der Waals surface area contributed by atoms with Gasteiger partial charge in [-0.05, 0) is 44.5 Å². The lowest BCUT2D eigenvalue weighted by Crippen LogP contribution is -2.55. The Balaban J connectivity index is 0.00000264. The van der Waals surface area contributed by atoms with Crippen molar-refractivity contribution in [1.82, 2.24) is 10.2 Å². The highest BCUT2D eigenvalue weighted by atomic mass is 35.5. The number of aryl methyl sites for hydroxylation is 1. The number of rotatable bonds is 6. The van der Waals surface area contributed by atoms with Crippen molar-refractivity contribution in [1.29, 1.82) is 0 Å². The van der Waals surface area contributed by atoms with Crippen molar-refractivity contribution in [3.63, 3.8) is 0 Å². The summed E-state index contributed by atoms with van der Waals surface area (Å²) in [7, 11) is 3.44. The minimum atomic E-state index is -0.678. The number of benzene rings is 1. The average molecular weight is 343 g/mol. The molecule has 1 aromatic carbocycles. The third kappa shape index (κ3) is 4.83. The van der Waals surface area contributed by atoms with Crippen LogP contribution in [0.15, 0.2) is 24.3 Å². The molecule has 0 spiro atoms. The molecular formula is C17H27ClN2O3. The maximum absolute atomic E-state index is 12.7. The fourth-order valence-electron chi connectivity index (χ4n) is 2.80. The molecule has 130 valence electrons. The molecule has 1 amide bonds. The fourth-order valence-corrected chi connectivity index (χ4v) is 2.80. The van der Waals surface area contributed by atoms with Gasteiger partial charge in [0.25, 0.3) is 5.91 Å². The van der Waals surface area contributed by atoms with E-state index in [0.717, 1.165) is 24.4 Å². The van der Waals surface area contributed by atoms with E-state index >= 15 is 0 Å². The molecule has 0 atom stereocenters. The number of hydrogen-bond donors (Lipinski definition) is 1. The number of piperidine rings is 1. The predicted octanol–water partition coefficient (Wildman–Crippen LogP) is 2.02. The standard InChI is InChI=1S/C17H26N2O3.ClH/c1-14-6-4-5-7-15(14)22-13-12-19(2)16(20)17(21-3)8-10-18-11-9-17;/h4-7,18H,8-13H2,1-3H3;1H. The van der Waals surface area contributed by atoms with Gasteiger partial charge in [-0.25, -0.2) is 0 Å². The number of amides is 1. The van der Waals surface area contributed by atoms with Gasteiger partial charge in [-0.15, -0.1) is 12.4 Å². The summed E-state index contributed by atoms with van der Waals surface area (Å²) in [5.41, 5.74) is 0.422. The van der Waals surface area contributed by atoms with Crippen LogP contribution in [0.2, 0.25) is 0 Å². The van der Waals surface area contributed by atoms with Crippen molar-refractivity contribution in [3.8, 4) is 5.75 Å². The number of carbonyl (C=O) groups is 1. The molecule has 0 aliphatic carbocycles. The zero-order valence-electron chi connectivity index (χ0n) is 14.1. The van der Waals surface area contributed by atoms with Gasteiger partial charge < -0.3 is 19.7 Å². The van der Waals surface area contributed by atoms with E-state index in [1.165, 1.54) is 0 Å². The fraction of sp³-hybridized carbons (Fsp3) is 0.588. The van der Waals surface area contributed by atoms with Crippen molar-refractivity contribution < 1.29 is 14.3 Å². The van der Waals surface area contributed by atoms with E-state index in [9.17, 15) is 4.79 Å². The van der Waals surface area contributed by atoms with Crippen LogP contribution in [0.1, 0.15) is 18.4 Å². The van der Waals surface area contributed by atoms with Crippen molar-refractivity contribution in [2.75, 3.05) is 40.4 Å². The van der Waals surface area contributed by atoms with Crippen molar-refractivity contribution >= 4 is 18.3 Å². The van der Waals surface area contributed by atoms with Gasteiger partial charge in [-0.3, -0.25) is 4.79 Å². The van der Waals surface area contributed by atoms with Gasteiger partial charge in [0.2, 0.25) is 0 Å². The molecule has 23 heavy (non-hydrogen) atoms. The normalized spacial score (nSPS) is 16.3. The largest absolute Gasteiger partial charge is 0.491 e. The number of hydrogen-bond acceptors (Lipinski definition) is 4. The molecule has 1 saturated heterocycles. The van der Waals surface area contributed by atoms with Crippen LogP contribution in [0.4, 0.5) is 0 Å². The summed E-state index contributed by atoms with van der Waals surface area (Å²) in [6, 6.07) is 7.89. The van der Waals surface area contributed by atoms with E-state index in [1.807, 2.05) is 38.2 Å². The molecule has 0 unspecified atom stereocenters. The first-order valence-electron chi connectivity index (χ1n) is 7.79. The minimum Gasteiger partial charge on any atom is -0.491 e. The van der Waals surface area contributed by atoms with Gasteiger partial charge in [0.15, 0.2) is 0 Å². The highest BCUT2D eigenvalue weighted by molar-refractivity contribution is 5.85. The number of likely N-dealkylation sites (N-methyl/N-ethyl adjacent to an activating group) is 1. The quantitative estimate of drug-likeness (QED) is 0.859. The summed E-state index contributed by atoms with van der Waals surface area (Å²) in [6.45, 7) is 4.66. The maximum Gasteiger partial charge on any atom is 0.254 e. The summed E-state index contributed by atoms with van der Waals surface area (Å²) >= 11 is 0. The van der Waals surface area contributed by atoms with Crippen molar-refractivity contribution in [3.05, 3.63) is 29.8 Å². The van der Waals surface area contributed by atoms with E-state index in [-0.39, 0.29) is 18.3 Å². The first kappa shape index (κ1) is 19.7. The number of methoxy groups -OCH3 is 1. The molecular weight excluding hydrogens is 316 g/mol. The number of nitrogens with one attached hydrogen (secondary N) is 1. The summed E-state index contributed by atoms with van der Waals surface area (Å²) in [5.74, 6) is 0.913. The molecule has 2 rings (SSSR count). The van der Waals surface area contributed by atoms with Crippen LogP contribution in [0.5, 0.6) is 5.75 Å². The summed E-state index contributed by atoms with van der Waals surface area (Å²) in [4.78, 5) is 14.4. The molecule has 6 heteroatoms. The van der Waals surface area contributed by atoms with E-state index < -0.39 is 5.60 Å². The van der Waals surface area contributed by atoms with Gasteiger partial charge in [0.05, 0.1) is 6.54 Å². The lowest BCUT2D eigenvalue weighted by atomic mass is 9.90. The predicted molar refractivity (Wildman–Crippen MR) is 93.4 cm³/mol. The van der Waals surface area contributed by atoms with Crippen LogP contribution >= 0.6 is 12.4 Å². The molecule has 1 aliphatic heterocycles. The van der Waals surface area contributed by atoms with E-state index in [2.05, 4.69) is 5.32 Å². The average Bonchev–Trinajstić information content (AvgIpc) is 2.56. The number of ether oxygens (including phenoxy) is 2. The summed E-state index contributed by atoms with van der Waals surface area (Å²) < 4.78 is 11.3. The van der Waals surface area contributed by atoms with E-state index in [0.29, 0.717) is 26.0 Å². The van der Waals surface area contributed by atoms with E-state index in [1.54, 1.807) is 12.0 Å². The monoisotopic (exact) mass is 342 g/mol. The topological polar surface area (TPSA) is 50.8 Å². The summed E-state index contributed by atoms with van der Waals surface area (Å²) in [5, 5.41) is 3.26. The molecule has 5 nitrogen and oxygen atoms in total. The highest BCUT2D eigenvalue weighted by Gasteiger charge is 2.41. The number of carbonyl (C=O) groups excluding carboxylic acids is 1. The zero-order valence-corrected chi connectivity index (χ0v) is 14.9. The Morgan fingerprint density at radius 3 is 2.57 bits per heavy atom. The van der Waals surface area contributed by atoms with Crippen molar-refractivity contribution in [2.45, 2.75) is 25.4 Å². The molecule has 0 saturated carbocycles. The van der Waals surface area contributed by atoms with Gasteiger partial charge >= 0.3 is 0 Å². The van der Waals surface area contributed by atoms with E-state index in [4.69, 9.17) is 9.47 Å². The zero-order chi connectivity index (χ0) is 16.0. The summed E-state index contributed by atoms with van der Waals surface area (Å²) in [6.07, 6.45) is 1.43. The Labute approximate surface area is 144 Å². The van der Waals surface area contributed by atoms with Crippen LogP contribution < -0.4 is 10.1 Å². The second kappa shape index (κ2) is 9.11. The minimum absolute atomic E-state index is 0. The third-order valence-electron chi connectivity index (χ3n) is 4.32. The molecule has 1 heterocycles. The lowest BCUT2D eigenvalue weighted by Gasteiger charge is -2.37. The number of halogens is 1. The lowest BCUT2D eigenvalue weighted by molar-refractivity contribution is -0.157. The second-order valence-corrected chi connectivity index (χ2v) is 5.79. The third-order valence-corrected chi connectivity index (χ3v) is 4.32. The first-order chi connectivity index (χ1) is 10.6. The molecule has 0 radical (unpaired) electrons. The van der Waals surface area contributed by atoms with Crippen LogP contribution in [0.25, 0.3) is 0 Å². The number of para-hydroxylation sites is 1. The van der Waals surface area contributed by atoms with Crippen LogP contribution in [-0.4, -0.2) is 56.8 Å². The Morgan fingerprint density at radius 2 is 1.96 bits per heavy atom. The molecule has 0 bridgehead atoms. The molecule has 0 aromatic heterocycles. The Kier molecular flexibility index (Phi) is 7.82. The maximum atomic E-state index is 12.7. The first-order valence-corrected chi connectivity index (χ1v) is 7.79. The van der Waals surface area contributed by atoms with Gasteiger partial charge in [-0.1, -0.05) is 18.2 Å². The molecule has 1 N–H and O–H groups in total. The van der Waals surface area contributed by atoms with Gasteiger partial charge in [-0.2, -0.15) is 0 Å². The van der Waals surface area contributed by atoms with Gasteiger partial charge in [0.1, 0.15) is 18.0 Å². The van der Waals surface area contributed by atoms with Crippen molar-refractivity contribution in [2.24, 2.45) is 0 Å². The Bertz CT molecular complexity index is 504. The number of nitrogens with zero attached hydrogens (tertiary/aromatic N) is 1. The van der Waals surface area contributed by atoms with Crippen LogP contribution in [0, 0.1) is 6.92 Å². The molecule has 1 fully saturated rings. The van der Waals surface area contributed by atoms with Crippen LogP contribution in [0.3, 0.4) is 0 Å².